The summed E-state index contributed by atoms with van der Waals surface area (Å²) in [6, 6.07) is 7.25. The number of hydrogen-bond acceptors (Lipinski definition) is 3. The Morgan fingerprint density at radius 3 is 2.88 bits per heavy atom. The number of nitriles is 1. The number of ketones is 1. The summed E-state index contributed by atoms with van der Waals surface area (Å²) in [7, 11) is 0. The zero-order chi connectivity index (χ0) is 12.0. The molecule has 0 heterocycles. The van der Waals surface area contributed by atoms with Crippen LogP contribution in [0.2, 0.25) is 0 Å². The highest BCUT2D eigenvalue weighted by atomic mass is 16.5. The number of aryl methyl sites for hydroxylation is 1. The van der Waals surface area contributed by atoms with Crippen LogP contribution >= 0.6 is 0 Å². The highest BCUT2D eigenvalue weighted by Gasteiger charge is 2.05. The van der Waals surface area contributed by atoms with Crippen LogP contribution < -0.4 is 4.74 Å². The Balaban J connectivity index is 2.66. The van der Waals surface area contributed by atoms with Gasteiger partial charge >= 0.3 is 0 Å². The van der Waals surface area contributed by atoms with E-state index in [0.717, 1.165) is 12.0 Å². The summed E-state index contributed by atoms with van der Waals surface area (Å²) in [4.78, 5) is 11.3. The van der Waals surface area contributed by atoms with Gasteiger partial charge in [-0.15, -0.1) is 0 Å². The van der Waals surface area contributed by atoms with Crippen LogP contribution in [-0.4, -0.2) is 12.4 Å². The van der Waals surface area contributed by atoms with Crippen molar-refractivity contribution in [2.45, 2.75) is 26.7 Å². The van der Waals surface area contributed by atoms with Gasteiger partial charge in [0.05, 0.1) is 11.6 Å². The molecule has 0 unspecified atom stereocenters. The molecule has 0 radical (unpaired) electrons. The van der Waals surface area contributed by atoms with E-state index in [-0.39, 0.29) is 12.4 Å². The van der Waals surface area contributed by atoms with E-state index in [1.165, 1.54) is 0 Å². The minimum absolute atomic E-state index is 0.0869. The van der Waals surface area contributed by atoms with Gasteiger partial charge < -0.3 is 4.74 Å². The average Bonchev–Trinajstić information content (AvgIpc) is 2.28. The topological polar surface area (TPSA) is 50.1 Å². The van der Waals surface area contributed by atoms with Gasteiger partial charge in [-0.25, -0.2) is 0 Å². The molecule has 1 aromatic rings. The van der Waals surface area contributed by atoms with Gasteiger partial charge in [0, 0.05) is 6.42 Å². The Kier molecular flexibility index (Phi) is 4.53. The third kappa shape index (κ3) is 3.39. The molecule has 0 bridgehead atoms. The smallest absolute Gasteiger partial charge is 0.170 e. The third-order valence-electron chi connectivity index (χ3n) is 2.23. The monoisotopic (exact) mass is 217 g/mol. The van der Waals surface area contributed by atoms with Gasteiger partial charge in [-0.2, -0.15) is 5.26 Å². The van der Waals surface area contributed by atoms with Gasteiger partial charge in [-0.1, -0.05) is 13.0 Å². The molecule has 1 rings (SSSR count). The van der Waals surface area contributed by atoms with Crippen LogP contribution in [0.3, 0.4) is 0 Å². The summed E-state index contributed by atoms with van der Waals surface area (Å²) in [6.07, 6.45) is 1.37. The molecule has 84 valence electrons. The van der Waals surface area contributed by atoms with E-state index in [9.17, 15) is 4.79 Å². The van der Waals surface area contributed by atoms with Crippen LogP contribution in [0.4, 0.5) is 0 Å². The fourth-order valence-electron chi connectivity index (χ4n) is 1.33. The molecule has 16 heavy (non-hydrogen) atoms. The van der Waals surface area contributed by atoms with E-state index in [2.05, 4.69) is 0 Å². The SMILES string of the molecule is CCCC(=O)COc1cc(C#N)ccc1C. The van der Waals surface area contributed by atoms with E-state index in [1.807, 2.05) is 26.0 Å². The lowest BCUT2D eigenvalue weighted by molar-refractivity contribution is -0.121. The molecule has 0 aliphatic rings. The lowest BCUT2D eigenvalue weighted by atomic mass is 10.1. The van der Waals surface area contributed by atoms with Crippen molar-refractivity contribution < 1.29 is 9.53 Å². The molecule has 0 spiro atoms. The second-order valence-corrected chi connectivity index (χ2v) is 3.67. The summed E-state index contributed by atoms with van der Waals surface area (Å²) in [5.41, 5.74) is 1.48. The Hall–Kier alpha value is -1.82. The standard InChI is InChI=1S/C13H15NO2/c1-3-4-12(15)9-16-13-7-11(8-14)6-5-10(13)2/h5-7H,3-4,9H2,1-2H3. The number of hydrogen-bond donors (Lipinski definition) is 0. The van der Waals surface area contributed by atoms with Gasteiger partial charge in [0.1, 0.15) is 12.4 Å². The maximum atomic E-state index is 11.3. The molecular weight excluding hydrogens is 202 g/mol. The number of carbonyl (C=O) groups is 1. The summed E-state index contributed by atoms with van der Waals surface area (Å²) < 4.78 is 5.39. The second-order valence-electron chi connectivity index (χ2n) is 3.67. The lowest BCUT2D eigenvalue weighted by Crippen LogP contribution is -2.11. The molecular formula is C13H15NO2. The van der Waals surface area contributed by atoms with Crippen molar-refractivity contribution in [3.63, 3.8) is 0 Å². The largest absolute Gasteiger partial charge is 0.486 e. The number of rotatable bonds is 5. The summed E-state index contributed by atoms with van der Waals surface area (Å²) in [5.74, 6) is 0.702. The fraction of sp³-hybridized carbons (Fsp3) is 0.385. The van der Waals surface area contributed by atoms with E-state index < -0.39 is 0 Å². The van der Waals surface area contributed by atoms with Crippen molar-refractivity contribution in [1.82, 2.24) is 0 Å². The zero-order valence-corrected chi connectivity index (χ0v) is 9.62. The van der Waals surface area contributed by atoms with Gasteiger partial charge in [-0.05, 0) is 31.0 Å². The van der Waals surface area contributed by atoms with Crippen LogP contribution in [0, 0.1) is 18.3 Å². The highest BCUT2D eigenvalue weighted by molar-refractivity contribution is 5.79. The van der Waals surface area contributed by atoms with Crippen molar-refractivity contribution in [2.24, 2.45) is 0 Å². The molecule has 0 aromatic heterocycles. The molecule has 0 saturated carbocycles. The Bertz CT molecular complexity index is 418. The fourth-order valence-corrected chi connectivity index (χ4v) is 1.33. The molecule has 3 heteroatoms. The van der Waals surface area contributed by atoms with E-state index >= 15 is 0 Å². The van der Waals surface area contributed by atoms with Gasteiger partial charge in [0.25, 0.3) is 0 Å². The summed E-state index contributed by atoms with van der Waals surface area (Å²) in [5, 5.41) is 8.74. The number of carbonyl (C=O) groups excluding carboxylic acids is 1. The average molecular weight is 217 g/mol. The van der Waals surface area contributed by atoms with Crippen LogP contribution in [0.5, 0.6) is 5.75 Å². The van der Waals surface area contributed by atoms with E-state index in [1.54, 1.807) is 12.1 Å². The molecule has 0 aliphatic heterocycles. The number of nitrogens with zero attached hydrogens (tertiary/aromatic N) is 1. The number of ether oxygens (including phenoxy) is 1. The van der Waals surface area contributed by atoms with Crippen LogP contribution in [-0.2, 0) is 4.79 Å². The lowest BCUT2D eigenvalue weighted by Gasteiger charge is -2.08. The number of Topliss-reactive ketones (excluding diaryl/α,β-unsaturated/α-hetero) is 1. The third-order valence-corrected chi connectivity index (χ3v) is 2.23. The van der Waals surface area contributed by atoms with E-state index in [4.69, 9.17) is 10.00 Å². The molecule has 0 amide bonds. The van der Waals surface area contributed by atoms with Gasteiger partial charge in [0.15, 0.2) is 5.78 Å². The molecule has 0 aliphatic carbocycles. The van der Waals surface area contributed by atoms with Crippen LogP contribution in [0.15, 0.2) is 18.2 Å². The zero-order valence-electron chi connectivity index (χ0n) is 9.62. The van der Waals surface area contributed by atoms with Crippen LogP contribution in [0.25, 0.3) is 0 Å². The predicted octanol–water partition coefficient (Wildman–Crippen LogP) is 2.61. The molecule has 0 saturated heterocycles. The first-order chi connectivity index (χ1) is 7.67. The number of benzene rings is 1. The van der Waals surface area contributed by atoms with Gasteiger partial charge in [0.2, 0.25) is 0 Å². The minimum atomic E-state index is 0.0869. The molecule has 1 aromatic carbocycles. The minimum Gasteiger partial charge on any atom is -0.486 e. The van der Waals surface area contributed by atoms with Crippen molar-refractivity contribution in [3.05, 3.63) is 29.3 Å². The summed E-state index contributed by atoms with van der Waals surface area (Å²) >= 11 is 0. The van der Waals surface area contributed by atoms with E-state index in [0.29, 0.717) is 17.7 Å². The van der Waals surface area contributed by atoms with Crippen molar-refractivity contribution in [2.75, 3.05) is 6.61 Å². The summed E-state index contributed by atoms with van der Waals surface area (Å²) in [6.45, 7) is 3.93. The highest BCUT2D eigenvalue weighted by Crippen LogP contribution is 2.19. The first-order valence-electron chi connectivity index (χ1n) is 5.32. The predicted molar refractivity (Wildman–Crippen MR) is 61.3 cm³/mol. The Morgan fingerprint density at radius 2 is 2.25 bits per heavy atom. The van der Waals surface area contributed by atoms with Crippen molar-refractivity contribution >= 4 is 5.78 Å². The van der Waals surface area contributed by atoms with Crippen LogP contribution in [0.1, 0.15) is 30.9 Å². The maximum Gasteiger partial charge on any atom is 0.170 e. The Morgan fingerprint density at radius 1 is 1.50 bits per heavy atom. The van der Waals surface area contributed by atoms with Gasteiger partial charge in [-0.3, -0.25) is 4.79 Å². The molecule has 3 nitrogen and oxygen atoms in total. The second kappa shape index (κ2) is 5.92. The van der Waals surface area contributed by atoms with Crippen molar-refractivity contribution in [3.8, 4) is 11.8 Å². The first kappa shape index (κ1) is 12.3. The molecule has 0 N–H and O–H groups in total. The normalized spacial score (nSPS) is 9.56. The van der Waals surface area contributed by atoms with Crippen molar-refractivity contribution in [1.29, 1.82) is 5.26 Å². The quantitative estimate of drug-likeness (QED) is 0.761. The molecule has 0 fully saturated rings. The first-order valence-corrected chi connectivity index (χ1v) is 5.32. The maximum absolute atomic E-state index is 11.3. The molecule has 0 atom stereocenters. The Labute approximate surface area is 95.7 Å².